The molecule has 19 heavy (non-hydrogen) atoms. The lowest BCUT2D eigenvalue weighted by Crippen LogP contribution is -2.18. The Hall–Kier alpha value is -2.21. The molecule has 0 radical (unpaired) electrons. The lowest BCUT2D eigenvalue weighted by Gasteiger charge is -2.12. The molecule has 0 aliphatic carbocycles. The van der Waals surface area contributed by atoms with Crippen molar-refractivity contribution >= 4 is 5.91 Å². The van der Waals surface area contributed by atoms with E-state index in [1.54, 1.807) is 13.0 Å². The predicted molar refractivity (Wildman–Crippen MR) is 67.5 cm³/mol. The molecule has 0 bridgehead atoms. The molecule has 5 nitrogen and oxygen atoms in total. The zero-order chi connectivity index (χ0) is 14.0. The van der Waals surface area contributed by atoms with Crippen molar-refractivity contribution in [3.8, 4) is 5.69 Å². The molecule has 1 aromatic heterocycles. The van der Waals surface area contributed by atoms with Gasteiger partial charge in [-0.25, -0.2) is 9.07 Å². The number of nitrogens with one attached hydrogen (secondary N) is 1. The van der Waals surface area contributed by atoms with Crippen LogP contribution >= 0.6 is 0 Å². The van der Waals surface area contributed by atoms with Crippen molar-refractivity contribution in [1.82, 2.24) is 15.1 Å². The van der Waals surface area contributed by atoms with Crippen LogP contribution in [0.25, 0.3) is 5.69 Å². The third-order valence-electron chi connectivity index (χ3n) is 2.75. The first kappa shape index (κ1) is 13.2. The van der Waals surface area contributed by atoms with Crippen molar-refractivity contribution in [2.45, 2.75) is 13.0 Å². The third kappa shape index (κ3) is 2.48. The van der Waals surface area contributed by atoms with Crippen LogP contribution in [0.1, 0.15) is 29.1 Å². The van der Waals surface area contributed by atoms with E-state index in [1.807, 2.05) is 0 Å². The van der Waals surface area contributed by atoms with Gasteiger partial charge in [-0.2, -0.15) is 5.10 Å². The summed E-state index contributed by atoms with van der Waals surface area (Å²) in [4.78, 5) is 11.4. The summed E-state index contributed by atoms with van der Waals surface area (Å²) < 4.78 is 15.2. The van der Waals surface area contributed by atoms with E-state index in [-0.39, 0.29) is 17.3 Å². The standard InChI is InChI=1S/C13H14FN3O2/c1-8(18)9-4-3-5-10(14)12(9)17-7-6-11(16-17)13(19)15-2/h3-8,18H,1-2H3,(H,15,19)/t8-/m0/s1. The monoisotopic (exact) mass is 263 g/mol. The molecule has 2 N–H and O–H groups in total. The Balaban J connectivity index is 2.53. The highest BCUT2D eigenvalue weighted by Crippen LogP contribution is 2.24. The minimum Gasteiger partial charge on any atom is -0.389 e. The van der Waals surface area contributed by atoms with Crippen molar-refractivity contribution in [2.24, 2.45) is 0 Å². The molecule has 0 aliphatic rings. The zero-order valence-corrected chi connectivity index (χ0v) is 10.6. The van der Waals surface area contributed by atoms with E-state index in [1.165, 1.54) is 36.1 Å². The normalized spacial score (nSPS) is 12.2. The predicted octanol–water partition coefficient (Wildman–Crippen LogP) is 1.42. The lowest BCUT2D eigenvalue weighted by molar-refractivity contribution is 0.0957. The molecule has 1 amide bonds. The van der Waals surface area contributed by atoms with Gasteiger partial charge in [0.25, 0.3) is 5.91 Å². The van der Waals surface area contributed by atoms with Gasteiger partial charge in [-0.1, -0.05) is 12.1 Å². The topological polar surface area (TPSA) is 67.2 Å². The van der Waals surface area contributed by atoms with Gasteiger partial charge in [0.1, 0.15) is 11.5 Å². The Morgan fingerprint density at radius 1 is 1.47 bits per heavy atom. The number of halogens is 1. The maximum atomic E-state index is 13.9. The average molecular weight is 263 g/mol. The smallest absolute Gasteiger partial charge is 0.271 e. The van der Waals surface area contributed by atoms with Gasteiger partial charge in [0, 0.05) is 18.8 Å². The summed E-state index contributed by atoms with van der Waals surface area (Å²) in [6.45, 7) is 1.54. The van der Waals surface area contributed by atoms with Crippen LogP contribution in [-0.2, 0) is 0 Å². The largest absolute Gasteiger partial charge is 0.389 e. The van der Waals surface area contributed by atoms with E-state index in [4.69, 9.17) is 0 Å². The van der Waals surface area contributed by atoms with E-state index in [9.17, 15) is 14.3 Å². The van der Waals surface area contributed by atoms with Crippen LogP contribution < -0.4 is 5.32 Å². The second kappa shape index (κ2) is 5.19. The Kier molecular flexibility index (Phi) is 3.62. The van der Waals surface area contributed by atoms with E-state index in [0.29, 0.717) is 5.56 Å². The third-order valence-corrected chi connectivity index (χ3v) is 2.75. The summed E-state index contributed by atoms with van der Waals surface area (Å²) in [5.74, 6) is -0.862. The highest BCUT2D eigenvalue weighted by atomic mass is 19.1. The van der Waals surface area contributed by atoms with Crippen LogP contribution in [0.3, 0.4) is 0 Å². The van der Waals surface area contributed by atoms with Gasteiger partial charge in [-0.15, -0.1) is 0 Å². The maximum absolute atomic E-state index is 13.9. The number of carbonyl (C=O) groups excluding carboxylic acids is 1. The van der Waals surface area contributed by atoms with Gasteiger partial charge in [-0.05, 0) is 19.1 Å². The van der Waals surface area contributed by atoms with Crippen molar-refractivity contribution < 1.29 is 14.3 Å². The number of nitrogens with zero attached hydrogens (tertiary/aromatic N) is 2. The molecule has 1 aromatic carbocycles. The molecule has 0 unspecified atom stereocenters. The van der Waals surface area contributed by atoms with E-state index in [2.05, 4.69) is 10.4 Å². The number of carbonyl (C=O) groups is 1. The number of aliphatic hydroxyl groups excluding tert-OH is 1. The number of hydrogen-bond acceptors (Lipinski definition) is 3. The lowest BCUT2D eigenvalue weighted by atomic mass is 10.1. The van der Waals surface area contributed by atoms with Gasteiger partial charge in [0.2, 0.25) is 0 Å². The number of aliphatic hydroxyl groups is 1. The van der Waals surface area contributed by atoms with Gasteiger partial charge in [0.05, 0.1) is 6.10 Å². The summed E-state index contributed by atoms with van der Waals surface area (Å²) in [7, 11) is 1.49. The van der Waals surface area contributed by atoms with Crippen molar-refractivity contribution in [1.29, 1.82) is 0 Å². The second-order valence-electron chi connectivity index (χ2n) is 4.08. The van der Waals surface area contributed by atoms with Crippen molar-refractivity contribution in [3.63, 3.8) is 0 Å². The van der Waals surface area contributed by atoms with E-state index < -0.39 is 11.9 Å². The number of aromatic nitrogens is 2. The van der Waals surface area contributed by atoms with Crippen LogP contribution in [0.5, 0.6) is 0 Å². The molecule has 0 spiro atoms. The molecule has 1 heterocycles. The molecule has 0 saturated carbocycles. The average Bonchev–Trinajstić information content (AvgIpc) is 2.86. The van der Waals surface area contributed by atoms with Gasteiger partial charge in [0.15, 0.2) is 5.69 Å². The van der Waals surface area contributed by atoms with E-state index in [0.717, 1.165) is 0 Å². The van der Waals surface area contributed by atoms with Gasteiger partial charge < -0.3 is 10.4 Å². The molecule has 6 heteroatoms. The van der Waals surface area contributed by atoms with Crippen LogP contribution in [0, 0.1) is 5.82 Å². The molecular weight excluding hydrogens is 249 g/mol. The first-order chi connectivity index (χ1) is 9.04. The van der Waals surface area contributed by atoms with Crippen molar-refractivity contribution in [2.75, 3.05) is 7.05 Å². The molecule has 100 valence electrons. The highest BCUT2D eigenvalue weighted by molar-refractivity contribution is 5.91. The molecule has 0 aliphatic heterocycles. The fourth-order valence-electron chi connectivity index (χ4n) is 1.81. The van der Waals surface area contributed by atoms with Crippen LogP contribution in [0.2, 0.25) is 0 Å². The summed E-state index contributed by atoms with van der Waals surface area (Å²) in [5, 5.41) is 16.1. The number of hydrogen-bond donors (Lipinski definition) is 2. The Labute approximate surface area is 109 Å². The molecule has 1 atom stereocenters. The minimum atomic E-state index is -0.835. The molecule has 0 saturated heterocycles. The fourth-order valence-corrected chi connectivity index (χ4v) is 1.81. The number of rotatable bonds is 3. The van der Waals surface area contributed by atoms with Crippen LogP contribution in [0.4, 0.5) is 4.39 Å². The molecule has 0 fully saturated rings. The minimum absolute atomic E-state index is 0.146. The number of para-hydroxylation sites is 1. The van der Waals surface area contributed by atoms with Gasteiger partial charge >= 0.3 is 0 Å². The summed E-state index contributed by atoms with van der Waals surface area (Å²) in [6.07, 6.45) is 0.646. The highest BCUT2D eigenvalue weighted by Gasteiger charge is 2.16. The summed E-state index contributed by atoms with van der Waals surface area (Å²) in [5.41, 5.74) is 0.738. The first-order valence-corrected chi connectivity index (χ1v) is 5.79. The molecule has 2 aromatic rings. The number of benzene rings is 1. The van der Waals surface area contributed by atoms with Crippen molar-refractivity contribution in [3.05, 3.63) is 47.5 Å². The Morgan fingerprint density at radius 3 is 2.84 bits per heavy atom. The Morgan fingerprint density at radius 2 is 2.21 bits per heavy atom. The maximum Gasteiger partial charge on any atom is 0.271 e. The van der Waals surface area contributed by atoms with Crippen LogP contribution in [-0.4, -0.2) is 27.8 Å². The quantitative estimate of drug-likeness (QED) is 0.880. The summed E-state index contributed by atoms with van der Waals surface area (Å²) in [6, 6.07) is 5.90. The SMILES string of the molecule is CNC(=O)c1ccn(-c2c(F)cccc2[C@H](C)O)n1. The molecular formula is C13H14FN3O2. The second-order valence-corrected chi connectivity index (χ2v) is 4.08. The fraction of sp³-hybridized carbons (Fsp3) is 0.231. The number of amides is 1. The first-order valence-electron chi connectivity index (χ1n) is 5.79. The molecule has 2 rings (SSSR count). The van der Waals surface area contributed by atoms with Gasteiger partial charge in [-0.3, -0.25) is 4.79 Å². The van der Waals surface area contributed by atoms with Crippen LogP contribution in [0.15, 0.2) is 30.5 Å². The van der Waals surface area contributed by atoms with E-state index >= 15 is 0 Å². The summed E-state index contributed by atoms with van der Waals surface area (Å²) >= 11 is 0. The Bertz CT molecular complexity index is 608. The zero-order valence-electron chi connectivity index (χ0n) is 10.6.